The Bertz CT molecular complexity index is 368. The Kier molecular flexibility index (Phi) is 4.61. The van der Waals surface area contributed by atoms with Crippen LogP contribution in [-0.2, 0) is 9.59 Å². The maximum atomic E-state index is 12.2. The lowest BCUT2D eigenvalue weighted by Gasteiger charge is -2.33. The number of rotatable bonds is 3. The number of carbonyl (C=O) groups excluding carboxylic acids is 2. The first-order chi connectivity index (χ1) is 9.08. The minimum Gasteiger partial charge on any atom is -0.349 e. The monoisotopic (exact) mass is 264 g/mol. The number of hydrogen-bond acceptors (Lipinski definition) is 2. The Labute approximate surface area is 115 Å². The van der Waals surface area contributed by atoms with E-state index in [1.54, 1.807) is 19.0 Å². The van der Waals surface area contributed by atoms with Crippen LogP contribution in [0.15, 0.2) is 12.2 Å². The third-order valence-corrected chi connectivity index (χ3v) is 4.19. The first kappa shape index (κ1) is 14.1. The number of amides is 2. The number of hydrogen-bond donors (Lipinski definition) is 0. The molecule has 1 heterocycles. The molecule has 0 saturated carbocycles. The van der Waals surface area contributed by atoms with Gasteiger partial charge < -0.3 is 9.80 Å². The predicted octanol–water partition coefficient (Wildman–Crippen LogP) is 1.67. The lowest BCUT2D eigenvalue weighted by atomic mass is 9.94. The fourth-order valence-electron chi connectivity index (χ4n) is 2.96. The fraction of sp³-hybridized carbons (Fsp3) is 0.733. The molecule has 1 saturated heterocycles. The molecule has 1 aliphatic carbocycles. The third-order valence-electron chi connectivity index (χ3n) is 4.19. The average Bonchev–Trinajstić information content (AvgIpc) is 2.90. The van der Waals surface area contributed by atoms with Crippen LogP contribution in [0.5, 0.6) is 0 Å². The molecule has 1 fully saturated rings. The highest BCUT2D eigenvalue weighted by Gasteiger charge is 2.28. The third kappa shape index (κ3) is 3.58. The Morgan fingerprint density at radius 2 is 1.89 bits per heavy atom. The summed E-state index contributed by atoms with van der Waals surface area (Å²) in [4.78, 5) is 27.6. The van der Waals surface area contributed by atoms with Gasteiger partial charge in [0.25, 0.3) is 0 Å². The van der Waals surface area contributed by atoms with Gasteiger partial charge in [-0.3, -0.25) is 9.59 Å². The van der Waals surface area contributed by atoms with Crippen molar-refractivity contribution in [3.8, 4) is 0 Å². The van der Waals surface area contributed by atoms with E-state index in [9.17, 15) is 9.59 Å². The highest BCUT2D eigenvalue weighted by molar-refractivity contribution is 5.80. The molecule has 0 bridgehead atoms. The van der Waals surface area contributed by atoms with E-state index in [0.29, 0.717) is 12.3 Å². The molecule has 0 aromatic heterocycles. The maximum absolute atomic E-state index is 12.2. The van der Waals surface area contributed by atoms with Crippen molar-refractivity contribution in [1.82, 2.24) is 9.80 Å². The molecule has 0 aromatic rings. The second-order valence-corrected chi connectivity index (χ2v) is 5.86. The Morgan fingerprint density at radius 1 is 1.21 bits per heavy atom. The van der Waals surface area contributed by atoms with Gasteiger partial charge in [-0.05, 0) is 31.6 Å². The van der Waals surface area contributed by atoms with Crippen molar-refractivity contribution in [2.24, 2.45) is 11.8 Å². The van der Waals surface area contributed by atoms with E-state index in [1.165, 1.54) is 0 Å². The van der Waals surface area contributed by atoms with Crippen LogP contribution in [0.3, 0.4) is 0 Å². The van der Waals surface area contributed by atoms with E-state index in [-0.39, 0.29) is 17.7 Å². The van der Waals surface area contributed by atoms with E-state index < -0.39 is 0 Å². The molecule has 0 aromatic carbocycles. The van der Waals surface area contributed by atoms with E-state index >= 15 is 0 Å². The number of carbonyl (C=O) groups is 2. The molecular formula is C15H24N2O2. The van der Waals surface area contributed by atoms with Crippen LogP contribution in [0.2, 0.25) is 0 Å². The van der Waals surface area contributed by atoms with E-state index in [4.69, 9.17) is 0 Å². The van der Waals surface area contributed by atoms with Gasteiger partial charge in [-0.25, -0.2) is 0 Å². The first-order valence-corrected chi connectivity index (χ1v) is 7.23. The molecule has 2 amide bonds. The highest BCUT2D eigenvalue weighted by Crippen LogP contribution is 2.24. The molecule has 1 unspecified atom stereocenters. The van der Waals surface area contributed by atoms with Crippen LogP contribution in [-0.4, -0.2) is 48.8 Å². The molecule has 0 radical (unpaired) electrons. The number of allylic oxidation sites excluding steroid dienone is 2. The molecule has 0 spiro atoms. The topological polar surface area (TPSA) is 40.6 Å². The van der Waals surface area contributed by atoms with Crippen LogP contribution in [0.25, 0.3) is 0 Å². The molecule has 106 valence electrons. The molecule has 4 nitrogen and oxygen atoms in total. The minimum atomic E-state index is 0.102. The van der Waals surface area contributed by atoms with Gasteiger partial charge in [-0.15, -0.1) is 0 Å². The summed E-state index contributed by atoms with van der Waals surface area (Å²) in [6, 6.07) is 0. The summed E-state index contributed by atoms with van der Waals surface area (Å²) in [5.41, 5.74) is 0. The first-order valence-electron chi connectivity index (χ1n) is 7.23. The van der Waals surface area contributed by atoms with Gasteiger partial charge >= 0.3 is 0 Å². The molecule has 4 heteroatoms. The molecule has 1 aliphatic heterocycles. The van der Waals surface area contributed by atoms with Gasteiger partial charge in [0, 0.05) is 39.5 Å². The zero-order chi connectivity index (χ0) is 13.8. The molecule has 1 atom stereocenters. The van der Waals surface area contributed by atoms with Crippen molar-refractivity contribution < 1.29 is 9.59 Å². The summed E-state index contributed by atoms with van der Waals surface area (Å²) in [6.45, 7) is 1.47. The lowest BCUT2D eigenvalue weighted by molar-refractivity contribution is -0.139. The van der Waals surface area contributed by atoms with Gasteiger partial charge in [0.15, 0.2) is 0 Å². The molecule has 2 rings (SSSR count). The van der Waals surface area contributed by atoms with Crippen LogP contribution >= 0.6 is 0 Å². The maximum Gasteiger partial charge on any atom is 0.225 e. The van der Waals surface area contributed by atoms with Crippen molar-refractivity contribution in [2.45, 2.75) is 32.1 Å². The summed E-state index contributed by atoms with van der Waals surface area (Å²) in [6.07, 6.45) is 8.81. The van der Waals surface area contributed by atoms with Gasteiger partial charge in [0.1, 0.15) is 0 Å². The summed E-state index contributed by atoms with van der Waals surface area (Å²) in [5.74, 6) is 0.997. The van der Waals surface area contributed by atoms with Crippen molar-refractivity contribution >= 4 is 11.8 Å². The van der Waals surface area contributed by atoms with E-state index in [2.05, 4.69) is 12.2 Å². The van der Waals surface area contributed by atoms with Crippen LogP contribution in [0.1, 0.15) is 32.1 Å². The fourth-order valence-corrected chi connectivity index (χ4v) is 2.96. The summed E-state index contributed by atoms with van der Waals surface area (Å²) in [7, 11) is 3.60. The zero-order valence-corrected chi connectivity index (χ0v) is 12.0. The summed E-state index contributed by atoms with van der Waals surface area (Å²) in [5, 5.41) is 0. The number of nitrogens with zero attached hydrogens (tertiary/aromatic N) is 2. The zero-order valence-electron chi connectivity index (χ0n) is 12.0. The highest BCUT2D eigenvalue weighted by atomic mass is 16.2. The van der Waals surface area contributed by atoms with Gasteiger partial charge in [0.05, 0.1) is 0 Å². The number of likely N-dealkylation sites (tertiary alicyclic amines) is 1. The van der Waals surface area contributed by atoms with Crippen molar-refractivity contribution in [2.75, 3.05) is 27.2 Å². The Hall–Kier alpha value is -1.32. The Balaban J connectivity index is 1.77. The largest absolute Gasteiger partial charge is 0.349 e. The quantitative estimate of drug-likeness (QED) is 0.728. The van der Waals surface area contributed by atoms with Gasteiger partial charge in [0.2, 0.25) is 11.8 Å². The molecular weight excluding hydrogens is 240 g/mol. The average molecular weight is 264 g/mol. The number of piperidine rings is 1. The van der Waals surface area contributed by atoms with Crippen molar-refractivity contribution in [3.63, 3.8) is 0 Å². The lowest BCUT2D eigenvalue weighted by Crippen LogP contribution is -2.43. The standard InChI is InChI=1S/C15H24N2O2/c1-16(2)15(19)13-7-9-17(10-8-13)14(18)11-12-5-3-4-6-12/h3,5,12-13H,4,6-11H2,1-2H3. The van der Waals surface area contributed by atoms with Crippen LogP contribution < -0.4 is 0 Å². The normalized spacial score (nSPS) is 23.7. The summed E-state index contributed by atoms with van der Waals surface area (Å²) < 4.78 is 0. The van der Waals surface area contributed by atoms with Gasteiger partial charge in [-0.2, -0.15) is 0 Å². The van der Waals surface area contributed by atoms with Gasteiger partial charge in [-0.1, -0.05) is 12.2 Å². The van der Waals surface area contributed by atoms with Crippen LogP contribution in [0.4, 0.5) is 0 Å². The molecule has 19 heavy (non-hydrogen) atoms. The molecule has 2 aliphatic rings. The molecule has 0 N–H and O–H groups in total. The second-order valence-electron chi connectivity index (χ2n) is 5.86. The van der Waals surface area contributed by atoms with Crippen LogP contribution in [0, 0.1) is 11.8 Å². The SMILES string of the molecule is CN(C)C(=O)C1CCN(C(=O)CC2C=CCC2)CC1. The van der Waals surface area contributed by atoms with Crippen molar-refractivity contribution in [3.05, 3.63) is 12.2 Å². The van der Waals surface area contributed by atoms with E-state index in [0.717, 1.165) is 38.8 Å². The van der Waals surface area contributed by atoms with Crippen molar-refractivity contribution in [1.29, 1.82) is 0 Å². The predicted molar refractivity (Wildman–Crippen MR) is 74.5 cm³/mol. The Morgan fingerprint density at radius 3 is 2.42 bits per heavy atom. The summed E-state index contributed by atoms with van der Waals surface area (Å²) >= 11 is 0. The van der Waals surface area contributed by atoms with E-state index in [1.807, 2.05) is 4.90 Å². The minimum absolute atomic E-state index is 0.102. The smallest absolute Gasteiger partial charge is 0.225 e. The second kappa shape index (κ2) is 6.22.